The number of rotatable bonds is 7. The molecule has 0 radical (unpaired) electrons. The first-order valence-electron chi connectivity index (χ1n) is 7.50. The smallest absolute Gasteiger partial charge is 0.251 e. The minimum atomic E-state index is -3.62. The summed E-state index contributed by atoms with van der Waals surface area (Å²) in [7, 11) is -0.715. The second-order valence-electron chi connectivity index (χ2n) is 5.35. The van der Waals surface area contributed by atoms with E-state index in [0.717, 1.165) is 15.0 Å². The van der Waals surface area contributed by atoms with Crippen LogP contribution in [0, 0.1) is 0 Å². The highest BCUT2D eigenvalue weighted by atomic mass is 79.9. The van der Waals surface area contributed by atoms with Gasteiger partial charge in [-0.3, -0.25) is 4.79 Å². The van der Waals surface area contributed by atoms with Gasteiger partial charge in [-0.1, -0.05) is 18.2 Å². The standard InChI is InChI=1S/C17H19BrN2O3S2/c1-20(2)25(22,23)16-12-13(8-9-15(16)18)17(21)19-10-11-24-14-6-4-3-5-7-14/h3-9,12H,10-11H2,1-2H3,(H,19,21). The van der Waals surface area contributed by atoms with Crippen molar-refractivity contribution in [2.24, 2.45) is 0 Å². The third-order valence-electron chi connectivity index (χ3n) is 3.35. The lowest BCUT2D eigenvalue weighted by Gasteiger charge is -2.14. The summed E-state index contributed by atoms with van der Waals surface area (Å²) in [5.41, 5.74) is 0.313. The maximum atomic E-state index is 12.3. The number of thioether (sulfide) groups is 1. The van der Waals surface area contributed by atoms with Gasteiger partial charge in [-0.05, 0) is 46.3 Å². The van der Waals surface area contributed by atoms with Crippen molar-refractivity contribution in [3.05, 3.63) is 58.6 Å². The average Bonchev–Trinajstić information content (AvgIpc) is 2.59. The van der Waals surface area contributed by atoms with Crippen LogP contribution in [-0.2, 0) is 10.0 Å². The molecular formula is C17H19BrN2O3S2. The van der Waals surface area contributed by atoms with Crippen LogP contribution in [-0.4, -0.2) is 45.0 Å². The molecule has 0 aliphatic rings. The van der Waals surface area contributed by atoms with Crippen LogP contribution < -0.4 is 5.32 Å². The molecule has 2 rings (SSSR count). The molecule has 0 bridgehead atoms. The molecule has 0 atom stereocenters. The molecule has 2 aromatic carbocycles. The van der Waals surface area contributed by atoms with E-state index >= 15 is 0 Å². The average molecular weight is 443 g/mol. The van der Waals surface area contributed by atoms with Gasteiger partial charge in [0.15, 0.2) is 0 Å². The third-order valence-corrected chi connectivity index (χ3v) is 7.17. The van der Waals surface area contributed by atoms with Gasteiger partial charge < -0.3 is 5.32 Å². The van der Waals surface area contributed by atoms with E-state index in [-0.39, 0.29) is 10.8 Å². The van der Waals surface area contributed by atoms with Gasteiger partial charge in [-0.15, -0.1) is 11.8 Å². The van der Waals surface area contributed by atoms with Crippen molar-refractivity contribution in [2.75, 3.05) is 26.4 Å². The van der Waals surface area contributed by atoms with Crippen LogP contribution in [0.1, 0.15) is 10.4 Å². The Labute approximate surface area is 161 Å². The van der Waals surface area contributed by atoms with Gasteiger partial charge in [-0.2, -0.15) is 0 Å². The molecular weight excluding hydrogens is 424 g/mol. The van der Waals surface area contributed by atoms with E-state index in [1.54, 1.807) is 23.9 Å². The fourth-order valence-electron chi connectivity index (χ4n) is 1.99. The number of benzene rings is 2. The Hall–Kier alpha value is -1.35. The van der Waals surface area contributed by atoms with Crippen molar-refractivity contribution in [3.8, 4) is 0 Å². The maximum absolute atomic E-state index is 12.3. The molecule has 2 aromatic rings. The van der Waals surface area contributed by atoms with Crippen molar-refractivity contribution >= 4 is 43.6 Å². The number of carbonyl (C=O) groups is 1. The van der Waals surface area contributed by atoms with Crippen molar-refractivity contribution in [1.29, 1.82) is 0 Å². The Morgan fingerprint density at radius 2 is 1.84 bits per heavy atom. The molecule has 0 fully saturated rings. The molecule has 0 heterocycles. The zero-order valence-corrected chi connectivity index (χ0v) is 17.1. The number of nitrogens with zero attached hydrogens (tertiary/aromatic N) is 1. The second kappa shape index (κ2) is 8.84. The fraction of sp³-hybridized carbons (Fsp3) is 0.235. The summed E-state index contributed by atoms with van der Waals surface area (Å²) in [5.74, 6) is 0.436. The molecule has 5 nitrogen and oxygen atoms in total. The monoisotopic (exact) mass is 442 g/mol. The summed E-state index contributed by atoms with van der Waals surface area (Å²) in [5, 5.41) is 2.81. The highest BCUT2D eigenvalue weighted by Crippen LogP contribution is 2.25. The first-order valence-corrected chi connectivity index (χ1v) is 10.7. The number of hydrogen-bond acceptors (Lipinski definition) is 4. The lowest BCUT2D eigenvalue weighted by Crippen LogP contribution is -2.27. The molecule has 0 saturated carbocycles. The Morgan fingerprint density at radius 1 is 1.16 bits per heavy atom. The number of sulfonamides is 1. The summed E-state index contributed by atoms with van der Waals surface area (Å²) in [6.07, 6.45) is 0. The summed E-state index contributed by atoms with van der Waals surface area (Å²) in [6, 6.07) is 14.5. The van der Waals surface area contributed by atoms with Crippen LogP contribution in [0.25, 0.3) is 0 Å². The Bertz CT molecular complexity index is 840. The largest absolute Gasteiger partial charge is 0.351 e. The zero-order valence-electron chi connectivity index (χ0n) is 13.9. The fourth-order valence-corrected chi connectivity index (χ4v) is 4.62. The molecule has 134 valence electrons. The van der Waals surface area contributed by atoms with Crippen LogP contribution in [0.5, 0.6) is 0 Å². The number of halogens is 1. The number of carbonyl (C=O) groups excluding carboxylic acids is 1. The molecule has 1 N–H and O–H groups in total. The lowest BCUT2D eigenvalue weighted by molar-refractivity contribution is 0.0956. The molecule has 0 aliphatic heterocycles. The van der Waals surface area contributed by atoms with Crippen molar-refractivity contribution in [1.82, 2.24) is 9.62 Å². The van der Waals surface area contributed by atoms with E-state index in [9.17, 15) is 13.2 Å². The topological polar surface area (TPSA) is 66.5 Å². The maximum Gasteiger partial charge on any atom is 0.251 e. The summed E-state index contributed by atoms with van der Waals surface area (Å²) in [4.78, 5) is 13.5. The van der Waals surface area contributed by atoms with Gasteiger partial charge in [0.1, 0.15) is 0 Å². The van der Waals surface area contributed by atoms with Gasteiger partial charge in [0.05, 0.1) is 4.90 Å². The predicted octanol–water partition coefficient (Wildman–Crippen LogP) is 3.22. The quantitative estimate of drug-likeness (QED) is 0.527. The Kier molecular flexibility index (Phi) is 7.06. The highest BCUT2D eigenvalue weighted by Gasteiger charge is 2.22. The van der Waals surface area contributed by atoms with Gasteiger partial charge in [0, 0.05) is 41.3 Å². The minimum absolute atomic E-state index is 0.0730. The first kappa shape index (κ1) is 20.0. The summed E-state index contributed by atoms with van der Waals surface area (Å²) < 4.78 is 26.2. The van der Waals surface area contributed by atoms with Gasteiger partial charge in [0.2, 0.25) is 10.0 Å². The predicted molar refractivity (Wildman–Crippen MR) is 105 cm³/mol. The van der Waals surface area contributed by atoms with Gasteiger partial charge >= 0.3 is 0 Å². The van der Waals surface area contributed by atoms with E-state index in [4.69, 9.17) is 0 Å². The van der Waals surface area contributed by atoms with Crippen molar-refractivity contribution in [2.45, 2.75) is 9.79 Å². The number of amides is 1. The van der Waals surface area contributed by atoms with Crippen LogP contribution in [0.2, 0.25) is 0 Å². The molecule has 0 spiro atoms. The highest BCUT2D eigenvalue weighted by molar-refractivity contribution is 9.10. The number of hydrogen-bond donors (Lipinski definition) is 1. The van der Waals surface area contributed by atoms with E-state index in [2.05, 4.69) is 21.2 Å². The van der Waals surface area contributed by atoms with Crippen LogP contribution in [0.4, 0.5) is 0 Å². The van der Waals surface area contributed by atoms with Gasteiger partial charge in [0.25, 0.3) is 5.91 Å². The minimum Gasteiger partial charge on any atom is -0.351 e. The Balaban J connectivity index is 2.00. The molecule has 8 heteroatoms. The van der Waals surface area contributed by atoms with E-state index in [1.165, 1.54) is 20.2 Å². The number of nitrogens with one attached hydrogen (secondary N) is 1. The molecule has 0 saturated heterocycles. The molecule has 0 unspecified atom stereocenters. The van der Waals surface area contributed by atoms with Gasteiger partial charge in [-0.25, -0.2) is 12.7 Å². The van der Waals surface area contributed by atoms with Crippen LogP contribution >= 0.6 is 27.7 Å². The normalized spacial score (nSPS) is 11.5. The zero-order chi connectivity index (χ0) is 18.4. The molecule has 0 aromatic heterocycles. The van der Waals surface area contributed by atoms with E-state index in [0.29, 0.717) is 16.6 Å². The van der Waals surface area contributed by atoms with E-state index < -0.39 is 10.0 Å². The van der Waals surface area contributed by atoms with Crippen LogP contribution in [0.15, 0.2) is 62.8 Å². The SMILES string of the molecule is CN(C)S(=O)(=O)c1cc(C(=O)NCCSc2ccccc2)ccc1Br. The Morgan fingerprint density at radius 3 is 2.48 bits per heavy atom. The summed E-state index contributed by atoms with van der Waals surface area (Å²) >= 11 is 4.88. The third kappa shape index (κ3) is 5.31. The van der Waals surface area contributed by atoms with Crippen molar-refractivity contribution < 1.29 is 13.2 Å². The molecule has 0 aliphatic carbocycles. The van der Waals surface area contributed by atoms with Crippen LogP contribution in [0.3, 0.4) is 0 Å². The lowest BCUT2D eigenvalue weighted by atomic mass is 10.2. The molecule has 1 amide bonds. The second-order valence-corrected chi connectivity index (χ2v) is 9.49. The van der Waals surface area contributed by atoms with Crippen molar-refractivity contribution in [3.63, 3.8) is 0 Å². The first-order chi connectivity index (χ1) is 11.8. The van der Waals surface area contributed by atoms with E-state index in [1.807, 2.05) is 30.3 Å². The summed E-state index contributed by atoms with van der Waals surface area (Å²) in [6.45, 7) is 0.490. The molecule has 25 heavy (non-hydrogen) atoms.